The van der Waals surface area contributed by atoms with Crippen LogP contribution < -0.4 is 5.32 Å². The van der Waals surface area contributed by atoms with Crippen molar-refractivity contribution >= 4 is 17.7 Å². The molecule has 5 nitrogen and oxygen atoms in total. The third kappa shape index (κ3) is 2.30. The second kappa shape index (κ2) is 5.55. The first-order chi connectivity index (χ1) is 10.5. The Morgan fingerprint density at radius 1 is 1.27 bits per heavy atom. The van der Waals surface area contributed by atoms with Gasteiger partial charge in [0.25, 0.3) is 5.91 Å². The van der Waals surface area contributed by atoms with Crippen LogP contribution in [0.5, 0.6) is 0 Å². The molecular formula is C17H20N2O3. The first-order valence-electron chi connectivity index (χ1n) is 7.77. The number of benzene rings is 1. The summed E-state index contributed by atoms with van der Waals surface area (Å²) in [5.74, 6) is -0.354. The number of ketones is 1. The Morgan fingerprint density at radius 3 is 2.68 bits per heavy atom. The molecule has 2 aliphatic rings. The van der Waals surface area contributed by atoms with Gasteiger partial charge < -0.3 is 5.32 Å². The number of amides is 3. The summed E-state index contributed by atoms with van der Waals surface area (Å²) < 4.78 is 0. The van der Waals surface area contributed by atoms with Crippen molar-refractivity contribution in [3.05, 3.63) is 35.9 Å². The van der Waals surface area contributed by atoms with Crippen LogP contribution >= 0.6 is 0 Å². The maximum absolute atomic E-state index is 12.8. The first kappa shape index (κ1) is 14.8. The molecule has 0 bridgehead atoms. The Labute approximate surface area is 129 Å². The molecule has 1 saturated heterocycles. The monoisotopic (exact) mass is 300 g/mol. The van der Waals surface area contributed by atoms with E-state index in [-0.39, 0.29) is 24.2 Å². The number of nitrogens with zero attached hydrogens (tertiary/aromatic N) is 1. The predicted molar refractivity (Wildman–Crippen MR) is 81.4 cm³/mol. The molecule has 3 amide bonds. The maximum Gasteiger partial charge on any atom is 0.325 e. The fraction of sp³-hybridized carbons (Fsp3) is 0.471. The van der Waals surface area contributed by atoms with Crippen LogP contribution in [0.15, 0.2) is 30.3 Å². The highest BCUT2D eigenvalue weighted by molar-refractivity contribution is 6.11. The minimum atomic E-state index is -0.799. The van der Waals surface area contributed by atoms with Crippen LogP contribution in [0.1, 0.15) is 43.0 Å². The molecule has 1 aromatic rings. The number of carbonyl (C=O) groups excluding carboxylic acids is 3. The third-order valence-corrected chi connectivity index (χ3v) is 4.90. The van der Waals surface area contributed by atoms with Gasteiger partial charge in [0, 0.05) is 5.56 Å². The Morgan fingerprint density at radius 2 is 2.00 bits per heavy atom. The predicted octanol–water partition coefficient (Wildman–Crippen LogP) is 2.37. The quantitative estimate of drug-likeness (QED) is 0.688. The van der Waals surface area contributed by atoms with Crippen LogP contribution in [0.25, 0.3) is 0 Å². The van der Waals surface area contributed by atoms with Crippen molar-refractivity contribution in [3.63, 3.8) is 0 Å². The molecule has 22 heavy (non-hydrogen) atoms. The third-order valence-electron chi connectivity index (χ3n) is 4.90. The second-order valence-corrected chi connectivity index (χ2v) is 6.23. The van der Waals surface area contributed by atoms with Crippen LogP contribution in [-0.4, -0.2) is 34.7 Å². The van der Waals surface area contributed by atoms with Crippen LogP contribution in [0.3, 0.4) is 0 Å². The van der Waals surface area contributed by atoms with Crippen molar-refractivity contribution in [2.24, 2.45) is 5.92 Å². The molecule has 1 aliphatic heterocycles. The lowest BCUT2D eigenvalue weighted by molar-refractivity contribution is -0.133. The standard InChI is InChI=1S/C17H20N2O3/c1-12-7-5-6-10-17(12)15(21)19(16(22)18-17)11-14(20)13-8-3-2-4-9-13/h2-4,8-9,12H,5-7,10-11H2,1H3,(H,18,22)/t12-,17-/m1/s1. The highest BCUT2D eigenvalue weighted by atomic mass is 16.2. The van der Waals surface area contributed by atoms with Crippen molar-refractivity contribution in [2.45, 2.75) is 38.1 Å². The van der Waals surface area contributed by atoms with E-state index in [2.05, 4.69) is 5.32 Å². The fourth-order valence-electron chi connectivity index (χ4n) is 3.50. The minimum absolute atomic E-state index is 0.106. The highest BCUT2D eigenvalue weighted by Crippen LogP contribution is 2.38. The summed E-state index contributed by atoms with van der Waals surface area (Å²) >= 11 is 0. The van der Waals surface area contributed by atoms with E-state index in [9.17, 15) is 14.4 Å². The lowest BCUT2D eigenvalue weighted by atomic mass is 9.73. The summed E-state index contributed by atoms with van der Waals surface area (Å²) in [5, 5.41) is 2.86. The van der Waals surface area contributed by atoms with Gasteiger partial charge in [0.2, 0.25) is 0 Å². The van der Waals surface area contributed by atoms with Gasteiger partial charge >= 0.3 is 6.03 Å². The molecule has 1 spiro atoms. The molecule has 1 aliphatic carbocycles. The Bertz CT molecular complexity index is 614. The molecule has 116 valence electrons. The van der Waals surface area contributed by atoms with Gasteiger partial charge in [0.05, 0.1) is 6.54 Å². The summed E-state index contributed by atoms with van der Waals surface area (Å²) in [6.45, 7) is 1.81. The van der Waals surface area contributed by atoms with Crippen molar-refractivity contribution < 1.29 is 14.4 Å². The van der Waals surface area contributed by atoms with Gasteiger partial charge in [-0.05, 0) is 18.8 Å². The Hall–Kier alpha value is -2.17. The van der Waals surface area contributed by atoms with Crippen LogP contribution in [-0.2, 0) is 4.79 Å². The molecular weight excluding hydrogens is 280 g/mol. The zero-order chi connectivity index (χ0) is 15.7. The van der Waals surface area contributed by atoms with Crippen molar-refractivity contribution in [1.82, 2.24) is 10.2 Å². The van der Waals surface area contributed by atoms with E-state index in [0.29, 0.717) is 12.0 Å². The van der Waals surface area contributed by atoms with E-state index < -0.39 is 11.6 Å². The lowest BCUT2D eigenvalue weighted by Crippen LogP contribution is -2.54. The molecule has 0 unspecified atom stereocenters. The topological polar surface area (TPSA) is 66.5 Å². The van der Waals surface area contributed by atoms with Gasteiger partial charge in [-0.15, -0.1) is 0 Å². The number of imide groups is 1. The SMILES string of the molecule is C[C@@H]1CCCC[C@@]12NC(=O)N(CC(=O)c1ccccc1)C2=O. The summed E-state index contributed by atoms with van der Waals surface area (Å²) in [4.78, 5) is 38.3. The van der Waals surface area contributed by atoms with Crippen LogP contribution in [0, 0.1) is 5.92 Å². The van der Waals surface area contributed by atoms with Crippen LogP contribution in [0.4, 0.5) is 4.79 Å². The number of Topliss-reactive ketones (excluding diaryl/α,β-unsaturated/α-hetero) is 1. The maximum atomic E-state index is 12.8. The van der Waals surface area contributed by atoms with Gasteiger partial charge in [0.15, 0.2) is 5.78 Å². The molecule has 5 heteroatoms. The van der Waals surface area contributed by atoms with E-state index in [1.54, 1.807) is 24.3 Å². The molecule has 2 fully saturated rings. The largest absolute Gasteiger partial charge is 0.325 e. The average molecular weight is 300 g/mol. The number of hydrogen-bond donors (Lipinski definition) is 1. The van der Waals surface area contributed by atoms with Crippen LogP contribution in [0.2, 0.25) is 0 Å². The van der Waals surface area contributed by atoms with Gasteiger partial charge in [-0.2, -0.15) is 0 Å². The number of nitrogens with one attached hydrogen (secondary N) is 1. The van der Waals surface area contributed by atoms with Gasteiger partial charge in [-0.3, -0.25) is 14.5 Å². The molecule has 3 rings (SSSR count). The van der Waals surface area contributed by atoms with E-state index in [1.807, 2.05) is 13.0 Å². The summed E-state index contributed by atoms with van der Waals surface area (Å²) in [5.41, 5.74) is -0.285. The van der Waals surface area contributed by atoms with Crippen molar-refractivity contribution in [2.75, 3.05) is 6.54 Å². The summed E-state index contributed by atoms with van der Waals surface area (Å²) in [6.07, 6.45) is 3.59. The van der Waals surface area contributed by atoms with Gasteiger partial charge in [-0.25, -0.2) is 4.79 Å². The molecule has 1 N–H and O–H groups in total. The number of rotatable bonds is 3. The average Bonchev–Trinajstić information content (AvgIpc) is 2.76. The van der Waals surface area contributed by atoms with Crippen molar-refractivity contribution in [1.29, 1.82) is 0 Å². The minimum Gasteiger partial charge on any atom is -0.323 e. The van der Waals surface area contributed by atoms with E-state index in [4.69, 9.17) is 0 Å². The molecule has 0 radical (unpaired) electrons. The fourth-order valence-corrected chi connectivity index (χ4v) is 3.50. The molecule has 2 atom stereocenters. The Kier molecular flexibility index (Phi) is 3.72. The smallest absolute Gasteiger partial charge is 0.323 e. The molecule has 1 heterocycles. The normalized spacial score (nSPS) is 28.0. The lowest BCUT2D eigenvalue weighted by Gasteiger charge is -2.36. The van der Waals surface area contributed by atoms with Gasteiger partial charge in [-0.1, -0.05) is 50.1 Å². The van der Waals surface area contributed by atoms with Crippen molar-refractivity contribution in [3.8, 4) is 0 Å². The van der Waals surface area contributed by atoms with E-state index in [1.165, 1.54) is 0 Å². The second-order valence-electron chi connectivity index (χ2n) is 6.23. The zero-order valence-electron chi connectivity index (χ0n) is 12.7. The first-order valence-corrected chi connectivity index (χ1v) is 7.77. The van der Waals surface area contributed by atoms with E-state index in [0.717, 1.165) is 24.2 Å². The summed E-state index contributed by atoms with van der Waals surface area (Å²) in [7, 11) is 0. The highest BCUT2D eigenvalue weighted by Gasteiger charge is 2.55. The molecule has 1 aromatic carbocycles. The number of carbonyl (C=O) groups is 3. The zero-order valence-corrected chi connectivity index (χ0v) is 12.7. The Balaban J connectivity index is 1.79. The summed E-state index contributed by atoms with van der Waals surface area (Å²) in [6, 6.07) is 8.30. The molecule has 1 saturated carbocycles. The molecule has 0 aromatic heterocycles. The number of urea groups is 1. The number of hydrogen-bond acceptors (Lipinski definition) is 3. The van der Waals surface area contributed by atoms with Gasteiger partial charge in [0.1, 0.15) is 5.54 Å². The van der Waals surface area contributed by atoms with E-state index >= 15 is 0 Å².